The maximum atomic E-state index is 15.2. The molecule has 1 saturated carbocycles. The molecule has 0 atom stereocenters. The van der Waals surface area contributed by atoms with Gasteiger partial charge in [0.15, 0.2) is 0 Å². The molecule has 0 bridgehead atoms. The lowest BCUT2D eigenvalue weighted by molar-refractivity contribution is 0.0695. The molecule has 1 saturated heterocycles. The number of carboxylic acid groups (broad SMARTS) is 1. The van der Waals surface area contributed by atoms with Crippen LogP contribution in [0.5, 0.6) is 0 Å². The second kappa shape index (κ2) is 9.19. The van der Waals surface area contributed by atoms with Gasteiger partial charge in [0.1, 0.15) is 24.2 Å². The van der Waals surface area contributed by atoms with E-state index in [0.29, 0.717) is 30.8 Å². The fourth-order valence-electron chi connectivity index (χ4n) is 4.47. The zero-order chi connectivity index (χ0) is 23.8. The third-order valence-corrected chi connectivity index (χ3v) is 7.28. The number of piperazine rings is 1. The quantitative estimate of drug-likeness (QED) is 0.409. The highest BCUT2D eigenvalue weighted by Gasteiger charge is 2.28. The molecule has 0 radical (unpaired) electrons. The van der Waals surface area contributed by atoms with Gasteiger partial charge in [0.2, 0.25) is 5.43 Å². The Balaban J connectivity index is 1.39. The highest BCUT2D eigenvalue weighted by atomic mass is 32.1. The Bertz CT molecular complexity index is 1310. The van der Waals surface area contributed by atoms with Crippen LogP contribution in [0.2, 0.25) is 0 Å². The minimum atomic E-state index is -1.29. The number of pyridine rings is 1. The standard InChI is InChI=1S/C24H25FN4O4S/c1-33-26-19(22-3-2-10-34-22)14-27-6-8-28(9-7-27)21-12-20-16(11-18(21)25)23(30)17(24(31)32)13-29(20)15-4-5-15/h2-3,10-13,15H,4-9,14H2,1H3,(H,31,32)/b26-19+. The van der Waals surface area contributed by atoms with Gasteiger partial charge in [-0.05, 0) is 36.4 Å². The van der Waals surface area contributed by atoms with Crippen LogP contribution in [0.25, 0.3) is 10.9 Å². The van der Waals surface area contributed by atoms with E-state index in [1.54, 1.807) is 17.4 Å². The Hall–Kier alpha value is -3.24. The summed E-state index contributed by atoms with van der Waals surface area (Å²) < 4.78 is 17.0. The van der Waals surface area contributed by atoms with E-state index in [-0.39, 0.29) is 17.0 Å². The molecule has 10 heteroatoms. The lowest BCUT2D eigenvalue weighted by Gasteiger charge is -2.36. The number of carboxylic acids is 1. The van der Waals surface area contributed by atoms with E-state index in [1.807, 2.05) is 27.0 Å². The SMILES string of the molecule is CO/N=C(\CN1CCN(c2cc3c(cc2F)c(=O)c(C(=O)O)cn3C2CC2)CC1)c1cccs1. The summed E-state index contributed by atoms with van der Waals surface area (Å²) in [4.78, 5) is 34.6. The molecule has 1 N–H and O–H groups in total. The Labute approximate surface area is 199 Å². The number of hydrogen-bond acceptors (Lipinski definition) is 7. The highest BCUT2D eigenvalue weighted by Crippen LogP contribution is 2.38. The molecule has 5 rings (SSSR count). The van der Waals surface area contributed by atoms with Crippen LogP contribution in [0, 0.1) is 5.82 Å². The van der Waals surface area contributed by atoms with Crippen molar-refractivity contribution in [3.63, 3.8) is 0 Å². The number of anilines is 1. The highest BCUT2D eigenvalue weighted by molar-refractivity contribution is 7.12. The molecule has 2 aromatic heterocycles. The lowest BCUT2D eigenvalue weighted by atomic mass is 10.1. The molecule has 2 aliphatic rings. The number of nitrogens with zero attached hydrogens (tertiary/aromatic N) is 4. The zero-order valence-electron chi connectivity index (χ0n) is 18.7. The molecule has 8 nitrogen and oxygen atoms in total. The predicted molar refractivity (Wildman–Crippen MR) is 130 cm³/mol. The number of aromatic carboxylic acids is 1. The topological polar surface area (TPSA) is 87.4 Å². The van der Waals surface area contributed by atoms with Crippen LogP contribution >= 0.6 is 11.3 Å². The Kier molecular flexibility index (Phi) is 6.09. The first kappa shape index (κ1) is 22.5. The number of halogens is 1. The summed E-state index contributed by atoms with van der Waals surface area (Å²) in [7, 11) is 1.54. The van der Waals surface area contributed by atoms with E-state index in [1.165, 1.54) is 19.4 Å². The average Bonchev–Trinajstić information content (AvgIpc) is 3.52. The van der Waals surface area contributed by atoms with Crippen LogP contribution in [-0.2, 0) is 4.84 Å². The monoisotopic (exact) mass is 484 g/mol. The molecule has 34 heavy (non-hydrogen) atoms. The van der Waals surface area contributed by atoms with Crippen LogP contribution < -0.4 is 10.3 Å². The summed E-state index contributed by atoms with van der Waals surface area (Å²) in [5.41, 5.74) is 0.926. The zero-order valence-corrected chi connectivity index (χ0v) is 19.6. The number of carbonyl (C=O) groups is 1. The molecule has 1 aliphatic carbocycles. The lowest BCUT2D eigenvalue weighted by Crippen LogP contribution is -2.48. The van der Waals surface area contributed by atoms with Crippen molar-refractivity contribution in [3.8, 4) is 0 Å². The van der Waals surface area contributed by atoms with Gasteiger partial charge < -0.3 is 19.4 Å². The van der Waals surface area contributed by atoms with E-state index in [4.69, 9.17) is 4.84 Å². The number of benzene rings is 1. The van der Waals surface area contributed by atoms with Gasteiger partial charge in [-0.3, -0.25) is 9.69 Å². The number of thiophene rings is 1. The summed E-state index contributed by atoms with van der Waals surface area (Å²) in [5.74, 6) is -1.80. The van der Waals surface area contributed by atoms with E-state index in [9.17, 15) is 14.7 Å². The van der Waals surface area contributed by atoms with E-state index < -0.39 is 17.2 Å². The van der Waals surface area contributed by atoms with E-state index in [0.717, 1.165) is 36.5 Å². The van der Waals surface area contributed by atoms with Crippen molar-refractivity contribution in [2.75, 3.05) is 44.7 Å². The van der Waals surface area contributed by atoms with Gasteiger partial charge in [-0.1, -0.05) is 11.2 Å². The second-order valence-electron chi connectivity index (χ2n) is 8.60. The average molecular weight is 485 g/mol. The first-order valence-corrected chi connectivity index (χ1v) is 12.1. The molecule has 1 aromatic carbocycles. The maximum absolute atomic E-state index is 15.2. The molecule has 178 valence electrons. The van der Waals surface area contributed by atoms with Crippen LogP contribution in [0.15, 0.2) is 45.8 Å². The van der Waals surface area contributed by atoms with Gasteiger partial charge in [0.05, 0.1) is 16.1 Å². The molecule has 2 fully saturated rings. The van der Waals surface area contributed by atoms with Crippen molar-refractivity contribution >= 4 is 39.6 Å². The number of hydrogen-bond donors (Lipinski definition) is 1. The minimum Gasteiger partial charge on any atom is -0.477 e. The van der Waals surface area contributed by atoms with Crippen LogP contribution in [0.3, 0.4) is 0 Å². The van der Waals surface area contributed by atoms with Gasteiger partial charge in [-0.15, -0.1) is 11.3 Å². The largest absolute Gasteiger partial charge is 0.477 e. The maximum Gasteiger partial charge on any atom is 0.341 e. The Morgan fingerprint density at radius 1 is 1.26 bits per heavy atom. The fourth-order valence-corrected chi connectivity index (χ4v) is 5.17. The second-order valence-corrected chi connectivity index (χ2v) is 9.55. The fraction of sp³-hybridized carbons (Fsp3) is 0.375. The number of fused-ring (bicyclic) bond motifs is 1. The summed E-state index contributed by atoms with van der Waals surface area (Å²) in [6.07, 6.45) is 3.24. The smallest absolute Gasteiger partial charge is 0.341 e. The van der Waals surface area contributed by atoms with E-state index >= 15 is 4.39 Å². The van der Waals surface area contributed by atoms with Gasteiger partial charge in [-0.25, -0.2) is 9.18 Å². The van der Waals surface area contributed by atoms with Gasteiger partial charge in [-0.2, -0.15) is 0 Å². The molecular weight excluding hydrogens is 459 g/mol. The van der Waals surface area contributed by atoms with Crippen LogP contribution in [0.1, 0.15) is 34.1 Å². The summed E-state index contributed by atoms with van der Waals surface area (Å²) in [5, 5.41) is 15.7. The minimum absolute atomic E-state index is 0.114. The van der Waals surface area contributed by atoms with Crippen molar-refractivity contribution in [3.05, 3.63) is 62.3 Å². The van der Waals surface area contributed by atoms with Gasteiger partial charge in [0, 0.05) is 50.3 Å². The summed E-state index contributed by atoms with van der Waals surface area (Å²) >= 11 is 1.61. The number of rotatable bonds is 7. The van der Waals surface area contributed by atoms with Gasteiger partial charge in [0.25, 0.3) is 0 Å². The van der Waals surface area contributed by atoms with Gasteiger partial charge >= 0.3 is 5.97 Å². The Morgan fingerprint density at radius 2 is 2.03 bits per heavy atom. The van der Waals surface area contributed by atoms with Crippen LogP contribution in [-0.4, -0.2) is 66.1 Å². The first-order chi connectivity index (χ1) is 16.5. The normalized spacial score (nSPS) is 17.4. The van der Waals surface area contributed by atoms with Crippen LogP contribution in [0.4, 0.5) is 10.1 Å². The summed E-state index contributed by atoms with van der Waals surface area (Å²) in [6, 6.07) is 7.04. The number of oxime groups is 1. The molecule has 3 heterocycles. The third-order valence-electron chi connectivity index (χ3n) is 6.36. The first-order valence-electron chi connectivity index (χ1n) is 11.2. The molecule has 0 amide bonds. The predicted octanol–water partition coefficient (Wildman–Crippen LogP) is 3.41. The van der Waals surface area contributed by atoms with Crippen molar-refractivity contribution in [2.45, 2.75) is 18.9 Å². The molecule has 1 aliphatic heterocycles. The van der Waals surface area contributed by atoms with Crippen molar-refractivity contribution in [2.24, 2.45) is 5.16 Å². The molecule has 0 unspecified atom stereocenters. The number of aromatic nitrogens is 1. The third kappa shape index (κ3) is 4.30. The van der Waals surface area contributed by atoms with E-state index in [2.05, 4.69) is 10.1 Å². The Morgan fingerprint density at radius 3 is 2.65 bits per heavy atom. The molecule has 3 aromatic rings. The summed E-state index contributed by atoms with van der Waals surface area (Å²) in [6.45, 7) is 3.32. The van der Waals surface area contributed by atoms with Crippen molar-refractivity contribution in [1.82, 2.24) is 9.47 Å². The van der Waals surface area contributed by atoms with Crippen molar-refractivity contribution in [1.29, 1.82) is 0 Å². The molecular formula is C24H25FN4O4S. The molecule has 0 spiro atoms. The van der Waals surface area contributed by atoms with Crippen molar-refractivity contribution < 1.29 is 19.1 Å².